The number of carbonyl (C=O) groups excluding carboxylic acids is 1. The van der Waals surface area contributed by atoms with Crippen LogP contribution in [-0.4, -0.2) is 34.4 Å². The molecular formula is C22H25NO5. The molecule has 0 saturated carbocycles. The van der Waals surface area contributed by atoms with Crippen molar-refractivity contribution < 1.29 is 24.5 Å². The van der Waals surface area contributed by atoms with Crippen LogP contribution in [0.1, 0.15) is 47.8 Å². The summed E-state index contributed by atoms with van der Waals surface area (Å²) in [4.78, 5) is 22.5. The quantitative estimate of drug-likeness (QED) is 0.645. The molecule has 148 valence electrons. The summed E-state index contributed by atoms with van der Waals surface area (Å²) >= 11 is 0. The molecule has 0 fully saturated rings. The van der Waals surface area contributed by atoms with Gasteiger partial charge in [-0.15, -0.1) is 0 Å². The van der Waals surface area contributed by atoms with Crippen LogP contribution in [0, 0.1) is 0 Å². The van der Waals surface area contributed by atoms with Gasteiger partial charge < -0.3 is 20.3 Å². The summed E-state index contributed by atoms with van der Waals surface area (Å²) in [5.41, 5.74) is 2.11. The summed E-state index contributed by atoms with van der Waals surface area (Å²) < 4.78 is 5.19. The maximum absolute atomic E-state index is 11.6. The van der Waals surface area contributed by atoms with E-state index in [0.717, 1.165) is 11.1 Å². The molecule has 0 aliphatic heterocycles. The number of phenols is 1. The minimum Gasteiger partial charge on any atom is -0.507 e. The Morgan fingerprint density at radius 3 is 2.21 bits per heavy atom. The van der Waals surface area contributed by atoms with Gasteiger partial charge in [-0.05, 0) is 56.0 Å². The van der Waals surface area contributed by atoms with Crippen LogP contribution in [0.3, 0.4) is 0 Å². The van der Waals surface area contributed by atoms with Crippen molar-refractivity contribution in [3.63, 3.8) is 0 Å². The highest BCUT2D eigenvalue weighted by Crippen LogP contribution is 2.20. The maximum atomic E-state index is 11.6. The Morgan fingerprint density at radius 1 is 1.04 bits per heavy atom. The number of ether oxygens (including phenoxy) is 1. The first-order valence-corrected chi connectivity index (χ1v) is 8.94. The number of hydrogen-bond acceptors (Lipinski definition) is 4. The lowest BCUT2D eigenvalue weighted by Gasteiger charge is -2.19. The van der Waals surface area contributed by atoms with Crippen LogP contribution in [-0.2, 0) is 11.2 Å². The van der Waals surface area contributed by atoms with E-state index in [0.29, 0.717) is 18.5 Å². The van der Waals surface area contributed by atoms with Crippen molar-refractivity contribution >= 4 is 24.2 Å². The van der Waals surface area contributed by atoms with Gasteiger partial charge >= 0.3 is 12.1 Å². The largest absolute Gasteiger partial charge is 0.507 e. The normalized spacial score (nSPS) is 11.4. The summed E-state index contributed by atoms with van der Waals surface area (Å²) in [7, 11) is 0. The summed E-state index contributed by atoms with van der Waals surface area (Å²) in [6.45, 7) is 5.95. The molecule has 2 aromatic carbocycles. The number of carboxylic acids is 1. The number of aromatic carboxylic acids is 1. The zero-order valence-electron chi connectivity index (χ0n) is 16.2. The van der Waals surface area contributed by atoms with E-state index >= 15 is 0 Å². The molecule has 0 aliphatic carbocycles. The van der Waals surface area contributed by atoms with Gasteiger partial charge in [0.1, 0.15) is 16.9 Å². The Hall–Kier alpha value is -3.28. The van der Waals surface area contributed by atoms with Gasteiger partial charge in [0.2, 0.25) is 0 Å². The molecule has 0 spiro atoms. The zero-order chi connectivity index (χ0) is 20.7. The Morgan fingerprint density at radius 2 is 1.64 bits per heavy atom. The van der Waals surface area contributed by atoms with Crippen molar-refractivity contribution in [3.8, 4) is 5.75 Å². The molecule has 0 heterocycles. The topological polar surface area (TPSA) is 95.9 Å². The summed E-state index contributed by atoms with van der Waals surface area (Å²) in [5.74, 6) is -1.42. The van der Waals surface area contributed by atoms with Gasteiger partial charge in [-0.1, -0.05) is 42.5 Å². The molecule has 2 aromatic rings. The van der Waals surface area contributed by atoms with Gasteiger partial charge in [-0.3, -0.25) is 0 Å². The minimum absolute atomic E-state index is 0.124. The van der Waals surface area contributed by atoms with E-state index in [-0.39, 0.29) is 11.3 Å². The van der Waals surface area contributed by atoms with Crippen LogP contribution >= 0.6 is 0 Å². The molecule has 28 heavy (non-hydrogen) atoms. The number of aromatic hydroxyl groups is 1. The van der Waals surface area contributed by atoms with Crippen LogP contribution in [0.4, 0.5) is 4.79 Å². The SMILES string of the molecule is CC(C)(C)OC(=O)NCCc1ccc(/C=C/c2ccc(C(=O)O)c(O)c2)cc1. The van der Waals surface area contributed by atoms with Crippen LogP contribution in [0.25, 0.3) is 12.2 Å². The Labute approximate surface area is 164 Å². The van der Waals surface area contributed by atoms with Crippen molar-refractivity contribution in [2.45, 2.75) is 32.8 Å². The first-order valence-electron chi connectivity index (χ1n) is 8.94. The second kappa shape index (κ2) is 9.08. The Kier molecular flexibility index (Phi) is 6.82. The number of alkyl carbamates (subject to hydrolysis) is 1. The summed E-state index contributed by atoms with van der Waals surface area (Å²) in [6, 6.07) is 12.3. The number of rotatable bonds is 6. The van der Waals surface area contributed by atoms with Crippen molar-refractivity contribution in [2.75, 3.05) is 6.54 Å². The van der Waals surface area contributed by atoms with Crippen LogP contribution in [0.2, 0.25) is 0 Å². The molecule has 0 unspecified atom stereocenters. The molecule has 0 atom stereocenters. The van der Waals surface area contributed by atoms with E-state index in [1.807, 2.05) is 51.1 Å². The van der Waals surface area contributed by atoms with Gasteiger partial charge in [-0.2, -0.15) is 0 Å². The lowest BCUT2D eigenvalue weighted by atomic mass is 10.1. The molecule has 1 amide bonds. The molecule has 0 bridgehead atoms. The highest BCUT2D eigenvalue weighted by molar-refractivity contribution is 5.91. The number of amides is 1. The lowest BCUT2D eigenvalue weighted by Crippen LogP contribution is -2.33. The molecule has 2 rings (SSSR count). The molecule has 3 N–H and O–H groups in total. The molecule has 6 nitrogen and oxygen atoms in total. The second-order valence-electron chi connectivity index (χ2n) is 7.34. The molecule has 0 aliphatic rings. The maximum Gasteiger partial charge on any atom is 0.407 e. The van der Waals surface area contributed by atoms with E-state index in [9.17, 15) is 14.7 Å². The number of benzene rings is 2. The highest BCUT2D eigenvalue weighted by Gasteiger charge is 2.15. The summed E-state index contributed by atoms with van der Waals surface area (Å²) in [6.07, 6.45) is 3.93. The Bertz CT molecular complexity index is 863. The number of carboxylic acid groups (broad SMARTS) is 1. The van der Waals surface area contributed by atoms with Crippen molar-refractivity contribution in [1.82, 2.24) is 5.32 Å². The number of carbonyl (C=O) groups is 2. The van der Waals surface area contributed by atoms with Crippen molar-refractivity contribution in [3.05, 3.63) is 64.7 Å². The molecule has 0 saturated heterocycles. The van der Waals surface area contributed by atoms with E-state index < -0.39 is 17.7 Å². The van der Waals surface area contributed by atoms with E-state index in [2.05, 4.69) is 5.32 Å². The van der Waals surface area contributed by atoms with Crippen LogP contribution < -0.4 is 5.32 Å². The van der Waals surface area contributed by atoms with E-state index in [1.54, 1.807) is 12.1 Å². The molecule has 6 heteroatoms. The average molecular weight is 383 g/mol. The standard InChI is InChI=1S/C22H25NO5/c1-22(2,3)28-21(27)23-13-12-16-6-4-15(5-7-16)8-9-17-10-11-18(20(25)26)19(24)14-17/h4-11,14,24H,12-13H2,1-3H3,(H,23,27)(H,25,26)/b9-8+. The fourth-order valence-electron chi connectivity index (χ4n) is 2.44. The number of nitrogens with one attached hydrogen (secondary N) is 1. The first kappa shape index (κ1) is 21.0. The first-order chi connectivity index (χ1) is 13.1. The molecule has 0 aromatic heterocycles. The van der Waals surface area contributed by atoms with Crippen LogP contribution in [0.15, 0.2) is 42.5 Å². The predicted octanol–water partition coefficient (Wildman–Crippen LogP) is 4.33. The minimum atomic E-state index is -1.16. The molecule has 0 radical (unpaired) electrons. The fraction of sp³-hybridized carbons (Fsp3) is 0.273. The average Bonchev–Trinajstić information content (AvgIpc) is 2.59. The Balaban J connectivity index is 1.89. The second-order valence-corrected chi connectivity index (χ2v) is 7.34. The van der Waals surface area contributed by atoms with Gasteiger partial charge in [0.25, 0.3) is 0 Å². The van der Waals surface area contributed by atoms with Crippen LogP contribution in [0.5, 0.6) is 5.75 Å². The summed E-state index contributed by atoms with van der Waals surface area (Å²) in [5, 5.41) is 21.4. The fourth-order valence-corrected chi connectivity index (χ4v) is 2.44. The smallest absolute Gasteiger partial charge is 0.407 e. The van der Waals surface area contributed by atoms with Gasteiger partial charge in [0, 0.05) is 6.54 Å². The van der Waals surface area contributed by atoms with Gasteiger partial charge in [-0.25, -0.2) is 9.59 Å². The van der Waals surface area contributed by atoms with E-state index in [4.69, 9.17) is 9.84 Å². The van der Waals surface area contributed by atoms with Crippen molar-refractivity contribution in [1.29, 1.82) is 0 Å². The predicted molar refractivity (Wildman–Crippen MR) is 108 cm³/mol. The third-order valence-corrected chi connectivity index (χ3v) is 3.78. The lowest BCUT2D eigenvalue weighted by molar-refractivity contribution is 0.0527. The third-order valence-electron chi connectivity index (χ3n) is 3.78. The zero-order valence-corrected chi connectivity index (χ0v) is 16.2. The third kappa shape index (κ3) is 6.79. The molecular weight excluding hydrogens is 358 g/mol. The van der Waals surface area contributed by atoms with Gasteiger partial charge in [0.15, 0.2) is 0 Å². The van der Waals surface area contributed by atoms with E-state index in [1.165, 1.54) is 12.1 Å². The van der Waals surface area contributed by atoms with Gasteiger partial charge in [0.05, 0.1) is 0 Å². The monoisotopic (exact) mass is 383 g/mol. The highest BCUT2D eigenvalue weighted by atomic mass is 16.6. The van der Waals surface area contributed by atoms with Crippen molar-refractivity contribution in [2.24, 2.45) is 0 Å². The number of hydrogen-bond donors (Lipinski definition) is 3.